The Labute approximate surface area is 102 Å². The summed E-state index contributed by atoms with van der Waals surface area (Å²) in [5.74, 6) is 0.0148. The van der Waals surface area contributed by atoms with Crippen LogP contribution in [0.1, 0.15) is 30.4 Å². The summed E-state index contributed by atoms with van der Waals surface area (Å²) in [5, 5.41) is 18.0. The summed E-state index contributed by atoms with van der Waals surface area (Å²) < 4.78 is 13.1. The quantitative estimate of drug-likeness (QED) is 0.719. The molecule has 17 heavy (non-hydrogen) atoms. The van der Waals surface area contributed by atoms with Gasteiger partial charge in [-0.1, -0.05) is 18.6 Å². The second kappa shape index (κ2) is 7.41. The summed E-state index contributed by atoms with van der Waals surface area (Å²) in [6.07, 6.45) is 3.36. The predicted octanol–water partition coefficient (Wildman–Crippen LogP) is 2.45. The number of benzene rings is 1. The highest BCUT2D eigenvalue weighted by Gasteiger charge is 2.09. The van der Waals surface area contributed by atoms with Crippen LogP contribution in [0.15, 0.2) is 18.2 Å². The Kier molecular flexibility index (Phi) is 6.16. The van der Waals surface area contributed by atoms with Gasteiger partial charge in [-0.2, -0.15) is 0 Å². The molecule has 0 saturated carbocycles. The molecule has 0 aromatic heterocycles. The summed E-state index contributed by atoms with van der Waals surface area (Å²) in [6, 6.07) is 5.09. The molecule has 0 heterocycles. The van der Waals surface area contributed by atoms with Gasteiger partial charge >= 0.3 is 0 Å². The Bertz CT molecular complexity index is 339. The molecule has 1 atom stereocenters. The third-order valence-corrected chi connectivity index (χ3v) is 3.03. The number of aliphatic hydroxyl groups is 2. The molecular formula is C14H21FO2. The summed E-state index contributed by atoms with van der Waals surface area (Å²) >= 11 is 0. The molecule has 0 bridgehead atoms. The van der Waals surface area contributed by atoms with Crippen molar-refractivity contribution in [2.75, 3.05) is 13.2 Å². The number of aryl methyl sites for hydroxylation is 1. The fraction of sp³-hybridized carbons (Fsp3) is 0.571. The molecule has 0 spiro atoms. The molecule has 0 saturated heterocycles. The molecule has 1 aromatic carbocycles. The van der Waals surface area contributed by atoms with Crippen LogP contribution < -0.4 is 0 Å². The van der Waals surface area contributed by atoms with Crippen LogP contribution in [0.25, 0.3) is 0 Å². The molecule has 0 aliphatic heterocycles. The Hall–Kier alpha value is -0.930. The summed E-state index contributed by atoms with van der Waals surface area (Å²) in [7, 11) is 0. The average Bonchev–Trinajstić information content (AvgIpc) is 2.32. The maximum Gasteiger partial charge on any atom is 0.126 e. The fourth-order valence-corrected chi connectivity index (χ4v) is 1.97. The third-order valence-electron chi connectivity index (χ3n) is 3.03. The van der Waals surface area contributed by atoms with Crippen molar-refractivity contribution in [1.29, 1.82) is 0 Å². The molecule has 0 unspecified atom stereocenters. The van der Waals surface area contributed by atoms with Gasteiger partial charge in [-0.3, -0.25) is 0 Å². The van der Waals surface area contributed by atoms with Crippen LogP contribution in [0.4, 0.5) is 4.39 Å². The van der Waals surface area contributed by atoms with Crippen molar-refractivity contribution in [3.8, 4) is 0 Å². The highest BCUT2D eigenvalue weighted by molar-refractivity contribution is 5.24. The third kappa shape index (κ3) is 4.84. The molecule has 0 aliphatic rings. The first kappa shape index (κ1) is 14.1. The predicted molar refractivity (Wildman–Crippen MR) is 66.4 cm³/mol. The van der Waals surface area contributed by atoms with Gasteiger partial charge in [0.15, 0.2) is 0 Å². The standard InChI is InChI=1S/C14H21FO2/c1-11-8-12(5-6-14(11)15)9-13(10-17)4-2-3-7-16/h5-6,8,13,16-17H,2-4,7,9-10H2,1H3/t13-/m0/s1. The van der Waals surface area contributed by atoms with E-state index in [9.17, 15) is 9.50 Å². The van der Waals surface area contributed by atoms with E-state index in [1.54, 1.807) is 13.0 Å². The minimum Gasteiger partial charge on any atom is -0.396 e. The molecule has 0 aliphatic carbocycles. The fourth-order valence-electron chi connectivity index (χ4n) is 1.97. The SMILES string of the molecule is Cc1cc(C[C@@H](CO)CCCCO)ccc1F. The lowest BCUT2D eigenvalue weighted by molar-refractivity contribution is 0.209. The molecule has 0 radical (unpaired) electrons. The zero-order chi connectivity index (χ0) is 12.7. The number of hydrogen-bond acceptors (Lipinski definition) is 2. The number of hydrogen-bond donors (Lipinski definition) is 2. The van der Waals surface area contributed by atoms with E-state index in [2.05, 4.69) is 0 Å². The Morgan fingerprint density at radius 3 is 2.59 bits per heavy atom. The Morgan fingerprint density at radius 1 is 1.24 bits per heavy atom. The molecule has 2 N–H and O–H groups in total. The molecule has 1 aromatic rings. The second-order valence-electron chi connectivity index (χ2n) is 4.56. The first-order valence-electron chi connectivity index (χ1n) is 6.14. The lowest BCUT2D eigenvalue weighted by Gasteiger charge is -2.14. The van der Waals surface area contributed by atoms with Gasteiger partial charge in [-0.05, 0) is 49.3 Å². The number of aliphatic hydroxyl groups excluding tert-OH is 2. The summed E-state index contributed by atoms with van der Waals surface area (Å²) in [6.45, 7) is 2.09. The van der Waals surface area contributed by atoms with Gasteiger partial charge in [-0.25, -0.2) is 4.39 Å². The summed E-state index contributed by atoms with van der Waals surface area (Å²) in [4.78, 5) is 0. The Balaban J connectivity index is 2.51. The van der Waals surface area contributed by atoms with Gasteiger partial charge in [0.2, 0.25) is 0 Å². The first-order chi connectivity index (χ1) is 8.17. The smallest absolute Gasteiger partial charge is 0.126 e. The number of unbranched alkanes of at least 4 members (excludes halogenated alkanes) is 1. The van der Waals surface area contributed by atoms with Crippen LogP contribution in [0, 0.1) is 18.7 Å². The minimum atomic E-state index is -0.186. The second-order valence-corrected chi connectivity index (χ2v) is 4.56. The van der Waals surface area contributed by atoms with Gasteiger partial charge in [0.25, 0.3) is 0 Å². The number of rotatable bonds is 7. The summed E-state index contributed by atoms with van der Waals surface area (Å²) in [5.41, 5.74) is 1.71. The Morgan fingerprint density at radius 2 is 2.00 bits per heavy atom. The van der Waals surface area contributed by atoms with E-state index in [-0.39, 0.29) is 24.9 Å². The lowest BCUT2D eigenvalue weighted by Crippen LogP contribution is -2.10. The minimum absolute atomic E-state index is 0.141. The van der Waals surface area contributed by atoms with E-state index in [0.717, 1.165) is 31.2 Å². The zero-order valence-electron chi connectivity index (χ0n) is 10.3. The molecule has 1 rings (SSSR count). The van der Waals surface area contributed by atoms with Crippen molar-refractivity contribution in [2.24, 2.45) is 5.92 Å². The van der Waals surface area contributed by atoms with Crippen LogP contribution >= 0.6 is 0 Å². The van der Waals surface area contributed by atoms with Crippen LogP contribution in [0.3, 0.4) is 0 Å². The van der Waals surface area contributed by atoms with Crippen molar-refractivity contribution >= 4 is 0 Å². The van der Waals surface area contributed by atoms with E-state index < -0.39 is 0 Å². The average molecular weight is 240 g/mol. The maximum atomic E-state index is 13.1. The monoisotopic (exact) mass is 240 g/mol. The molecule has 0 fully saturated rings. The van der Waals surface area contributed by atoms with E-state index in [1.807, 2.05) is 6.07 Å². The normalized spacial score (nSPS) is 12.7. The highest BCUT2D eigenvalue weighted by Crippen LogP contribution is 2.17. The zero-order valence-corrected chi connectivity index (χ0v) is 10.3. The maximum absolute atomic E-state index is 13.1. The van der Waals surface area contributed by atoms with Gasteiger partial charge in [0.05, 0.1) is 0 Å². The van der Waals surface area contributed by atoms with Crippen LogP contribution in [0.2, 0.25) is 0 Å². The van der Waals surface area contributed by atoms with Crippen molar-refractivity contribution < 1.29 is 14.6 Å². The number of halogens is 1. The van der Waals surface area contributed by atoms with Crippen molar-refractivity contribution in [2.45, 2.75) is 32.6 Å². The molecule has 3 heteroatoms. The highest BCUT2D eigenvalue weighted by atomic mass is 19.1. The lowest BCUT2D eigenvalue weighted by atomic mass is 9.94. The van der Waals surface area contributed by atoms with Gasteiger partial charge in [0, 0.05) is 13.2 Å². The van der Waals surface area contributed by atoms with Crippen molar-refractivity contribution in [3.05, 3.63) is 35.1 Å². The molecular weight excluding hydrogens is 219 g/mol. The van der Waals surface area contributed by atoms with Crippen molar-refractivity contribution in [1.82, 2.24) is 0 Å². The van der Waals surface area contributed by atoms with E-state index >= 15 is 0 Å². The van der Waals surface area contributed by atoms with Gasteiger partial charge in [-0.15, -0.1) is 0 Å². The van der Waals surface area contributed by atoms with Crippen molar-refractivity contribution in [3.63, 3.8) is 0 Å². The van der Waals surface area contributed by atoms with Gasteiger partial charge in [0.1, 0.15) is 5.82 Å². The van der Waals surface area contributed by atoms with E-state index in [1.165, 1.54) is 6.07 Å². The first-order valence-corrected chi connectivity index (χ1v) is 6.14. The topological polar surface area (TPSA) is 40.5 Å². The van der Waals surface area contributed by atoms with Crippen LogP contribution in [-0.4, -0.2) is 23.4 Å². The molecule has 0 amide bonds. The van der Waals surface area contributed by atoms with E-state index in [0.29, 0.717) is 5.56 Å². The largest absolute Gasteiger partial charge is 0.396 e. The van der Waals surface area contributed by atoms with Crippen LogP contribution in [-0.2, 0) is 6.42 Å². The molecule has 2 nitrogen and oxygen atoms in total. The van der Waals surface area contributed by atoms with Gasteiger partial charge < -0.3 is 10.2 Å². The molecule has 96 valence electrons. The van der Waals surface area contributed by atoms with E-state index in [4.69, 9.17) is 5.11 Å². The van der Waals surface area contributed by atoms with Crippen LogP contribution in [0.5, 0.6) is 0 Å².